The second-order valence-electron chi connectivity index (χ2n) is 3.13. The van der Waals surface area contributed by atoms with Crippen LogP contribution in [0.2, 0.25) is 0 Å². The molecular formula is C10H15N3O2. The maximum Gasteiger partial charge on any atom is 0.333 e. The molecule has 1 N–H and O–H groups in total. The van der Waals surface area contributed by atoms with Crippen LogP contribution < -0.4 is 5.32 Å². The maximum atomic E-state index is 11.0. The lowest BCUT2D eigenvalue weighted by Gasteiger charge is -2.00. The highest BCUT2D eigenvalue weighted by Gasteiger charge is 2.01. The summed E-state index contributed by atoms with van der Waals surface area (Å²) < 4.78 is 6.27. The van der Waals surface area contributed by atoms with Gasteiger partial charge in [-0.05, 0) is 6.92 Å². The third-order valence-corrected chi connectivity index (χ3v) is 1.91. The molecule has 5 nitrogen and oxygen atoms in total. The third-order valence-electron chi connectivity index (χ3n) is 1.91. The van der Waals surface area contributed by atoms with E-state index in [9.17, 15) is 4.79 Å². The van der Waals surface area contributed by atoms with Crippen LogP contribution in [0, 0.1) is 0 Å². The van der Waals surface area contributed by atoms with Crippen molar-refractivity contribution in [2.45, 2.75) is 6.92 Å². The summed E-state index contributed by atoms with van der Waals surface area (Å²) in [5, 5.41) is 7.19. The van der Waals surface area contributed by atoms with Gasteiger partial charge in [-0.2, -0.15) is 5.10 Å². The topological polar surface area (TPSA) is 56.1 Å². The van der Waals surface area contributed by atoms with E-state index in [4.69, 9.17) is 0 Å². The van der Waals surface area contributed by atoms with Crippen LogP contribution in [-0.2, 0) is 16.6 Å². The lowest BCUT2D eigenvalue weighted by Crippen LogP contribution is -2.05. The van der Waals surface area contributed by atoms with Gasteiger partial charge in [0.15, 0.2) is 0 Å². The number of hydrogen-bond acceptors (Lipinski definition) is 4. The van der Waals surface area contributed by atoms with E-state index in [1.807, 2.05) is 19.3 Å². The number of aryl methyl sites for hydroxylation is 1. The van der Waals surface area contributed by atoms with Gasteiger partial charge in [-0.1, -0.05) is 6.08 Å². The van der Waals surface area contributed by atoms with Crippen molar-refractivity contribution >= 4 is 11.8 Å². The summed E-state index contributed by atoms with van der Waals surface area (Å²) in [6.07, 6.45) is 3.61. The van der Waals surface area contributed by atoms with Gasteiger partial charge in [-0.25, -0.2) is 4.79 Å². The summed E-state index contributed by atoms with van der Waals surface area (Å²) in [7, 11) is 3.21. The molecule has 0 atom stereocenters. The predicted octanol–water partition coefficient (Wildman–Crippen LogP) is 0.951. The van der Waals surface area contributed by atoms with E-state index >= 15 is 0 Å². The zero-order valence-corrected chi connectivity index (χ0v) is 9.15. The van der Waals surface area contributed by atoms with Crippen LogP contribution in [0.1, 0.15) is 6.92 Å². The van der Waals surface area contributed by atoms with E-state index in [-0.39, 0.29) is 5.97 Å². The first kappa shape index (κ1) is 11.3. The van der Waals surface area contributed by atoms with Crippen LogP contribution in [0.25, 0.3) is 0 Å². The minimum atomic E-state index is -0.308. The van der Waals surface area contributed by atoms with E-state index in [2.05, 4.69) is 15.2 Å². The Hall–Kier alpha value is -1.78. The lowest BCUT2D eigenvalue weighted by molar-refractivity contribution is -0.136. The van der Waals surface area contributed by atoms with Crippen LogP contribution in [0.3, 0.4) is 0 Å². The molecule has 5 heteroatoms. The van der Waals surface area contributed by atoms with Crippen LogP contribution in [0.15, 0.2) is 23.9 Å². The van der Waals surface area contributed by atoms with Crippen LogP contribution >= 0.6 is 0 Å². The van der Waals surface area contributed by atoms with Gasteiger partial charge in [-0.15, -0.1) is 0 Å². The summed E-state index contributed by atoms with van der Waals surface area (Å²) in [5.41, 5.74) is 0.584. The van der Waals surface area contributed by atoms with E-state index in [0.717, 1.165) is 5.82 Å². The Morgan fingerprint density at radius 3 is 3.00 bits per heavy atom. The molecular weight excluding hydrogens is 194 g/mol. The first-order valence-electron chi connectivity index (χ1n) is 4.62. The Morgan fingerprint density at radius 2 is 2.47 bits per heavy atom. The number of nitrogens with zero attached hydrogens (tertiary/aromatic N) is 2. The molecule has 0 spiro atoms. The van der Waals surface area contributed by atoms with E-state index in [1.54, 1.807) is 17.7 Å². The molecule has 0 bridgehead atoms. The molecule has 0 saturated carbocycles. The molecule has 1 rings (SSSR count). The van der Waals surface area contributed by atoms with Gasteiger partial charge in [0, 0.05) is 31.4 Å². The van der Waals surface area contributed by atoms with Crippen molar-refractivity contribution in [3.05, 3.63) is 23.9 Å². The van der Waals surface area contributed by atoms with Crippen molar-refractivity contribution in [3.8, 4) is 0 Å². The molecule has 0 aliphatic carbocycles. The van der Waals surface area contributed by atoms with Crippen molar-refractivity contribution in [3.63, 3.8) is 0 Å². The summed E-state index contributed by atoms with van der Waals surface area (Å²) >= 11 is 0. The molecule has 82 valence electrons. The number of ether oxygens (including phenoxy) is 1. The van der Waals surface area contributed by atoms with Crippen LogP contribution in [0.5, 0.6) is 0 Å². The van der Waals surface area contributed by atoms with Gasteiger partial charge in [-0.3, -0.25) is 4.68 Å². The maximum absolute atomic E-state index is 11.0. The molecule has 0 unspecified atom stereocenters. The number of esters is 1. The second kappa shape index (κ2) is 5.19. The zero-order valence-electron chi connectivity index (χ0n) is 9.15. The molecule has 0 amide bonds. The normalized spacial score (nSPS) is 11.3. The highest BCUT2D eigenvalue weighted by molar-refractivity contribution is 5.87. The number of rotatable bonds is 4. The number of carbonyl (C=O) groups is 1. The van der Waals surface area contributed by atoms with E-state index < -0.39 is 0 Å². The largest absolute Gasteiger partial charge is 0.466 e. The SMILES string of the molecule is COC(=O)/C(C)=C/CNc1ccn(C)n1. The standard InChI is InChI=1S/C10H15N3O2/c1-8(10(14)15-3)4-6-11-9-5-7-13(2)12-9/h4-5,7H,6H2,1-3H3,(H,11,12)/b8-4+. The quantitative estimate of drug-likeness (QED) is 0.592. The molecule has 0 radical (unpaired) electrons. The first-order chi connectivity index (χ1) is 7.13. The summed E-state index contributed by atoms with van der Waals surface area (Å²) in [6.45, 7) is 2.27. The van der Waals surface area contributed by atoms with Gasteiger partial charge in [0.2, 0.25) is 0 Å². The highest BCUT2D eigenvalue weighted by Crippen LogP contribution is 2.01. The molecule has 1 aromatic heterocycles. The van der Waals surface area contributed by atoms with Gasteiger partial charge in [0.1, 0.15) is 5.82 Å². The second-order valence-corrected chi connectivity index (χ2v) is 3.13. The molecule has 0 aliphatic rings. The molecule has 1 aromatic rings. The predicted molar refractivity (Wildman–Crippen MR) is 57.5 cm³/mol. The average molecular weight is 209 g/mol. The summed E-state index contributed by atoms with van der Waals surface area (Å²) in [6, 6.07) is 1.86. The minimum Gasteiger partial charge on any atom is -0.466 e. The van der Waals surface area contributed by atoms with Crippen LogP contribution in [-0.4, -0.2) is 29.4 Å². The van der Waals surface area contributed by atoms with Crippen molar-refractivity contribution in [1.29, 1.82) is 0 Å². The first-order valence-corrected chi connectivity index (χ1v) is 4.62. The van der Waals surface area contributed by atoms with Crippen LogP contribution in [0.4, 0.5) is 5.82 Å². The van der Waals surface area contributed by atoms with Gasteiger partial charge in [0.25, 0.3) is 0 Å². The third kappa shape index (κ3) is 3.46. The number of methoxy groups -OCH3 is 1. The fraction of sp³-hybridized carbons (Fsp3) is 0.400. The van der Waals surface area contributed by atoms with Gasteiger partial charge in [0.05, 0.1) is 7.11 Å². The van der Waals surface area contributed by atoms with Crippen molar-refractivity contribution in [1.82, 2.24) is 9.78 Å². The zero-order chi connectivity index (χ0) is 11.3. The Kier molecular flexibility index (Phi) is 3.91. The van der Waals surface area contributed by atoms with Gasteiger partial charge < -0.3 is 10.1 Å². The van der Waals surface area contributed by atoms with E-state index in [0.29, 0.717) is 12.1 Å². The summed E-state index contributed by atoms with van der Waals surface area (Å²) in [4.78, 5) is 11.0. The minimum absolute atomic E-state index is 0.308. The molecule has 0 aliphatic heterocycles. The molecule has 0 aromatic carbocycles. The molecule has 0 fully saturated rings. The number of nitrogens with one attached hydrogen (secondary N) is 1. The lowest BCUT2D eigenvalue weighted by atomic mass is 10.3. The summed E-state index contributed by atoms with van der Waals surface area (Å²) in [5.74, 6) is 0.476. The fourth-order valence-corrected chi connectivity index (χ4v) is 1.06. The number of aromatic nitrogens is 2. The number of anilines is 1. The van der Waals surface area contributed by atoms with Crippen molar-refractivity contribution in [2.75, 3.05) is 19.0 Å². The molecule has 15 heavy (non-hydrogen) atoms. The monoisotopic (exact) mass is 209 g/mol. The van der Waals surface area contributed by atoms with Crippen molar-refractivity contribution in [2.24, 2.45) is 7.05 Å². The smallest absolute Gasteiger partial charge is 0.333 e. The fourth-order valence-electron chi connectivity index (χ4n) is 1.06. The number of carbonyl (C=O) groups excluding carboxylic acids is 1. The Balaban J connectivity index is 2.41. The average Bonchev–Trinajstić information content (AvgIpc) is 2.63. The Morgan fingerprint density at radius 1 is 1.73 bits per heavy atom. The molecule has 1 heterocycles. The highest BCUT2D eigenvalue weighted by atomic mass is 16.5. The van der Waals surface area contributed by atoms with Crippen molar-refractivity contribution < 1.29 is 9.53 Å². The molecule has 0 saturated heterocycles. The van der Waals surface area contributed by atoms with Gasteiger partial charge >= 0.3 is 5.97 Å². The number of hydrogen-bond donors (Lipinski definition) is 1. The Bertz CT molecular complexity index is 368. The van der Waals surface area contributed by atoms with E-state index in [1.165, 1.54) is 7.11 Å². The Labute approximate surface area is 88.7 Å².